The zero-order chi connectivity index (χ0) is 12.7. The van der Waals surface area contributed by atoms with Crippen LogP contribution in [-0.2, 0) is 4.79 Å². The van der Waals surface area contributed by atoms with Gasteiger partial charge in [-0.2, -0.15) is 0 Å². The first-order valence-corrected chi connectivity index (χ1v) is 5.39. The monoisotopic (exact) mass is 236 g/mol. The fraction of sp³-hybridized carbons (Fsp3) is 0.308. The second-order valence-corrected chi connectivity index (χ2v) is 3.61. The number of phenolic OH excluding ortho intramolecular Hbond substituents is 1. The van der Waals surface area contributed by atoms with Crippen molar-refractivity contribution < 1.29 is 19.7 Å². The predicted octanol–water partition coefficient (Wildman–Crippen LogP) is 2.67. The average Bonchev–Trinajstić information content (AvgIpc) is 2.30. The van der Waals surface area contributed by atoms with Gasteiger partial charge in [0, 0.05) is 12.0 Å². The van der Waals surface area contributed by atoms with E-state index in [1.165, 1.54) is 0 Å². The highest BCUT2D eigenvalue weighted by molar-refractivity contribution is 5.66. The minimum atomic E-state index is -0.789. The van der Waals surface area contributed by atoms with E-state index < -0.39 is 5.97 Å². The van der Waals surface area contributed by atoms with Crippen LogP contribution in [0.3, 0.4) is 0 Å². The molecule has 0 saturated carbocycles. The van der Waals surface area contributed by atoms with Crippen molar-refractivity contribution in [3.63, 3.8) is 0 Å². The third-order valence-corrected chi connectivity index (χ3v) is 2.29. The number of carboxylic acids is 1. The molecule has 0 fully saturated rings. The highest BCUT2D eigenvalue weighted by Crippen LogP contribution is 2.24. The molecule has 0 atom stereocenters. The molecule has 0 saturated heterocycles. The number of methoxy groups -OCH3 is 1. The molecule has 0 aromatic heterocycles. The van der Waals surface area contributed by atoms with Crippen LogP contribution in [0.2, 0.25) is 0 Å². The molecule has 0 aliphatic heterocycles. The van der Waals surface area contributed by atoms with Crippen LogP contribution in [0, 0.1) is 0 Å². The predicted molar refractivity (Wildman–Crippen MR) is 65.2 cm³/mol. The van der Waals surface area contributed by atoms with Crippen molar-refractivity contribution in [1.82, 2.24) is 0 Å². The van der Waals surface area contributed by atoms with Crippen molar-refractivity contribution >= 4 is 12.0 Å². The Balaban J connectivity index is 2.55. The second kappa shape index (κ2) is 6.58. The Morgan fingerprint density at radius 1 is 1.47 bits per heavy atom. The lowest BCUT2D eigenvalue weighted by Crippen LogP contribution is -1.92. The number of unbranched alkanes of at least 4 members (excludes halogenated alkanes) is 1. The fourth-order valence-electron chi connectivity index (χ4n) is 1.37. The van der Waals surface area contributed by atoms with Gasteiger partial charge in [-0.25, -0.2) is 0 Å². The Hall–Kier alpha value is -1.97. The van der Waals surface area contributed by atoms with Gasteiger partial charge in [0.15, 0.2) is 0 Å². The Morgan fingerprint density at radius 2 is 2.24 bits per heavy atom. The van der Waals surface area contributed by atoms with Gasteiger partial charge in [0.1, 0.15) is 11.5 Å². The summed E-state index contributed by atoms with van der Waals surface area (Å²) in [6, 6.07) is 4.97. The number of phenols is 1. The molecule has 4 heteroatoms. The lowest BCUT2D eigenvalue weighted by atomic mass is 10.1. The van der Waals surface area contributed by atoms with Crippen molar-refractivity contribution in [3.8, 4) is 11.5 Å². The van der Waals surface area contributed by atoms with E-state index >= 15 is 0 Å². The molecule has 0 amide bonds. The summed E-state index contributed by atoms with van der Waals surface area (Å²) >= 11 is 0. The first-order valence-electron chi connectivity index (χ1n) is 5.39. The maximum atomic E-state index is 10.3. The molecule has 0 unspecified atom stereocenters. The van der Waals surface area contributed by atoms with Crippen molar-refractivity contribution in [3.05, 3.63) is 29.8 Å². The standard InChI is InChI=1S/C13H16O4/c1-17-11-7-8-12(14)10(9-11)5-3-2-4-6-13(15)16/h3,5,7-9,14H,2,4,6H2,1H3,(H,15,16)/b5-3+. The van der Waals surface area contributed by atoms with Crippen LogP contribution in [0.4, 0.5) is 0 Å². The third kappa shape index (κ3) is 4.59. The van der Waals surface area contributed by atoms with E-state index in [2.05, 4.69) is 0 Å². The first-order chi connectivity index (χ1) is 8.13. The van der Waals surface area contributed by atoms with Crippen LogP contribution in [0.15, 0.2) is 24.3 Å². The van der Waals surface area contributed by atoms with E-state index in [0.29, 0.717) is 24.2 Å². The number of rotatable bonds is 6. The van der Waals surface area contributed by atoms with Gasteiger partial charge in [0.2, 0.25) is 0 Å². The summed E-state index contributed by atoms with van der Waals surface area (Å²) in [5.41, 5.74) is 0.666. The minimum absolute atomic E-state index is 0.161. The van der Waals surface area contributed by atoms with E-state index in [9.17, 15) is 9.90 Å². The average molecular weight is 236 g/mol. The lowest BCUT2D eigenvalue weighted by molar-refractivity contribution is -0.137. The van der Waals surface area contributed by atoms with E-state index in [1.54, 1.807) is 31.4 Å². The molecule has 1 rings (SSSR count). The van der Waals surface area contributed by atoms with Gasteiger partial charge in [-0.1, -0.05) is 12.2 Å². The second-order valence-electron chi connectivity index (χ2n) is 3.61. The highest BCUT2D eigenvalue weighted by Gasteiger charge is 1.99. The summed E-state index contributed by atoms with van der Waals surface area (Å²) in [6.45, 7) is 0. The number of carbonyl (C=O) groups is 1. The van der Waals surface area contributed by atoms with Crippen LogP contribution in [0.1, 0.15) is 24.8 Å². The number of ether oxygens (including phenoxy) is 1. The Morgan fingerprint density at radius 3 is 2.88 bits per heavy atom. The first kappa shape index (κ1) is 13.1. The number of hydrogen-bond donors (Lipinski definition) is 2. The Bertz CT molecular complexity index is 410. The smallest absolute Gasteiger partial charge is 0.303 e. The largest absolute Gasteiger partial charge is 0.507 e. The SMILES string of the molecule is COc1ccc(O)c(/C=C/CCCC(=O)O)c1. The van der Waals surface area contributed by atoms with Gasteiger partial charge in [-0.05, 0) is 31.0 Å². The van der Waals surface area contributed by atoms with Crippen LogP contribution in [0.25, 0.3) is 6.08 Å². The van der Waals surface area contributed by atoms with Crippen LogP contribution < -0.4 is 4.74 Å². The molecule has 92 valence electrons. The summed E-state index contributed by atoms with van der Waals surface area (Å²) in [7, 11) is 1.56. The van der Waals surface area contributed by atoms with Gasteiger partial charge in [-0.15, -0.1) is 0 Å². The number of aromatic hydroxyl groups is 1. The Kier molecular flexibility index (Phi) is 5.07. The maximum Gasteiger partial charge on any atom is 0.303 e. The zero-order valence-electron chi connectivity index (χ0n) is 9.72. The number of allylic oxidation sites excluding steroid dienone is 1. The van der Waals surface area contributed by atoms with Gasteiger partial charge < -0.3 is 14.9 Å². The molecule has 4 nitrogen and oxygen atoms in total. The van der Waals surface area contributed by atoms with E-state index in [1.807, 2.05) is 6.08 Å². The van der Waals surface area contributed by atoms with Crippen molar-refractivity contribution in [1.29, 1.82) is 0 Å². The summed E-state index contributed by atoms with van der Waals surface area (Å²) in [5.74, 6) is 0.0656. The molecule has 0 aliphatic carbocycles. The molecular weight excluding hydrogens is 220 g/mol. The van der Waals surface area contributed by atoms with Gasteiger partial charge in [-0.3, -0.25) is 4.79 Å². The van der Waals surface area contributed by atoms with Crippen LogP contribution >= 0.6 is 0 Å². The number of benzene rings is 1. The Labute approximate surface area is 100 Å². The van der Waals surface area contributed by atoms with E-state index in [-0.39, 0.29) is 12.2 Å². The molecule has 0 aliphatic rings. The summed E-state index contributed by atoms with van der Waals surface area (Å²) < 4.78 is 5.05. The van der Waals surface area contributed by atoms with Gasteiger partial charge in [0.05, 0.1) is 7.11 Å². The van der Waals surface area contributed by atoms with Crippen LogP contribution in [-0.4, -0.2) is 23.3 Å². The molecule has 1 aromatic carbocycles. The molecule has 17 heavy (non-hydrogen) atoms. The molecule has 0 bridgehead atoms. The van der Waals surface area contributed by atoms with Gasteiger partial charge in [0.25, 0.3) is 0 Å². The summed E-state index contributed by atoms with van der Waals surface area (Å²) in [5, 5.41) is 18.0. The molecule has 2 N–H and O–H groups in total. The number of hydrogen-bond acceptors (Lipinski definition) is 3. The van der Waals surface area contributed by atoms with Crippen molar-refractivity contribution in [2.75, 3.05) is 7.11 Å². The fourth-order valence-corrected chi connectivity index (χ4v) is 1.37. The summed E-state index contributed by atoms with van der Waals surface area (Å²) in [4.78, 5) is 10.3. The van der Waals surface area contributed by atoms with Crippen LogP contribution in [0.5, 0.6) is 11.5 Å². The lowest BCUT2D eigenvalue weighted by Gasteiger charge is -2.03. The number of carboxylic acid groups (broad SMARTS) is 1. The third-order valence-electron chi connectivity index (χ3n) is 2.29. The van der Waals surface area contributed by atoms with Crippen molar-refractivity contribution in [2.24, 2.45) is 0 Å². The molecule has 0 heterocycles. The highest BCUT2D eigenvalue weighted by atomic mass is 16.5. The number of aliphatic carboxylic acids is 1. The topological polar surface area (TPSA) is 66.8 Å². The van der Waals surface area contributed by atoms with Crippen molar-refractivity contribution in [2.45, 2.75) is 19.3 Å². The quantitative estimate of drug-likeness (QED) is 0.745. The minimum Gasteiger partial charge on any atom is -0.507 e. The van der Waals surface area contributed by atoms with Gasteiger partial charge >= 0.3 is 5.97 Å². The molecule has 0 spiro atoms. The maximum absolute atomic E-state index is 10.3. The van der Waals surface area contributed by atoms with E-state index in [4.69, 9.17) is 9.84 Å². The molecule has 0 radical (unpaired) electrons. The molecule has 1 aromatic rings. The zero-order valence-corrected chi connectivity index (χ0v) is 9.72. The molecular formula is C13H16O4. The normalized spacial score (nSPS) is 10.6. The van der Waals surface area contributed by atoms with E-state index in [0.717, 1.165) is 0 Å². The summed E-state index contributed by atoms with van der Waals surface area (Å²) in [6.07, 6.45) is 5.03.